The maximum atomic E-state index is 13.2. The van der Waals surface area contributed by atoms with Gasteiger partial charge in [-0.25, -0.2) is 4.79 Å². The Balaban J connectivity index is 1.42. The molecule has 1 fully saturated rings. The Morgan fingerprint density at radius 1 is 1.16 bits per heavy atom. The average Bonchev–Trinajstić information content (AvgIpc) is 3.12. The molecule has 3 aliphatic rings. The highest BCUT2D eigenvalue weighted by molar-refractivity contribution is 6.34. The number of amides is 1. The molecule has 3 heterocycles. The first kappa shape index (κ1) is 25.4. The number of aromatic amines is 1. The Morgan fingerprint density at radius 3 is 2.65 bits per heavy atom. The average molecular weight is 525 g/mol. The highest BCUT2D eigenvalue weighted by Gasteiger charge is 2.32. The first-order valence-electron chi connectivity index (χ1n) is 12.7. The van der Waals surface area contributed by atoms with Crippen LogP contribution in [0.1, 0.15) is 52.0 Å². The van der Waals surface area contributed by atoms with E-state index in [9.17, 15) is 4.79 Å². The van der Waals surface area contributed by atoms with Crippen LogP contribution >= 0.6 is 11.6 Å². The Morgan fingerprint density at radius 2 is 1.92 bits per heavy atom. The monoisotopic (exact) mass is 524 g/mol. The second-order valence-electron chi connectivity index (χ2n) is 10.6. The molecule has 1 aromatic heterocycles. The molecule has 0 bridgehead atoms. The van der Waals surface area contributed by atoms with Crippen molar-refractivity contribution in [3.05, 3.63) is 51.6 Å². The molecule has 1 aliphatic carbocycles. The number of benzene rings is 1. The number of nitrogens with zero attached hydrogens (tertiary/aromatic N) is 3. The molecule has 5 rings (SSSR count). The number of halogens is 1. The van der Waals surface area contributed by atoms with E-state index in [1.807, 2.05) is 57.2 Å². The normalized spacial score (nSPS) is 21.3. The zero-order chi connectivity index (χ0) is 26.2. The standard InChI is InChI=1S/C28H33ClN4O4/c1-28(2,3)37-27(34)33-13-12-18(29)14-23-26(33)22-16-30-32-24(25(22)31-23)17-8-10-19(11-9-17)36-21-7-5-6-20(15-21)35-4/h5-7,12,14-15,17,19,31H,8-11,13,16H2,1-4H3. The van der Waals surface area contributed by atoms with E-state index >= 15 is 0 Å². The van der Waals surface area contributed by atoms with E-state index in [1.165, 1.54) is 0 Å². The van der Waals surface area contributed by atoms with E-state index in [-0.39, 0.29) is 12.0 Å². The molecule has 0 atom stereocenters. The van der Waals surface area contributed by atoms with Crippen LogP contribution in [0.5, 0.6) is 11.5 Å². The van der Waals surface area contributed by atoms with E-state index in [1.54, 1.807) is 12.0 Å². The van der Waals surface area contributed by atoms with Gasteiger partial charge in [0.05, 0.1) is 41.8 Å². The minimum absolute atomic E-state index is 0.143. The summed E-state index contributed by atoms with van der Waals surface area (Å²) >= 11 is 6.43. The number of azo groups is 1. The molecule has 1 amide bonds. The van der Waals surface area contributed by atoms with Crippen LogP contribution in [-0.2, 0) is 11.3 Å². The quantitative estimate of drug-likeness (QED) is 0.580. The van der Waals surface area contributed by atoms with Crippen LogP contribution in [0.15, 0.2) is 45.6 Å². The van der Waals surface area contributed by atoms with Gasteiger partial charge >= 0.3 is 6.09 Å². The number of rotatable bonds is 4. The Labute approximate surface area is 221 Å². The van der Waals surface area contributed by atoms with Gasteiger partial charge in [0.25, 0.3) is 0 Å². The van der Waals surface area contributed by atoms with Crippen molar-refractivity contribution in [2.75, 3.05) is 18.6 Å². The van der Waals surface area contributed by atoms with Gasteiger partial charge in [-0.05, 0) is 70.7 Å². The number of hydrogen-bond acceptors (Lipinski definition) is 6. The number of methoxy groups -OCH3 is 1. The molecule has 2 aliphatic heterocycles. The lowest BCUT2D eigenvalue weighted by atomic mass is 9.84. The van der Waals surface area contributed by atoms with Crippen molar-refractivity contribution in [1.82, 2.24) is 4.98 Å². The fourth-order valence-electron chi connectivity index (χ4n) is 5.12. The minimum atomic E-state index is -0.611. The molecule has 0 unspecified atom stereocenters. The number of H-pyrrole nitrogens is 1. The fourth-order valence-corrected chi connectivity index (χ4v) is 5.30. The maximum Gasteiger partial charge on any atom is 0.415 e. The summed E-state index contributed by atoms with van der Waals surface area (Å²) in [5.74, 6) is 1.86. The first-order chi connectivity index (χ1) is 17.7. The number of fused-ring (bicyclic) bond motifs is 3. The summed E-state index contributed by atoms with van der Waals surface area (Å²) in [6.45, 7) is 6.29. The molecule has 196 valence electrons. The summed E-state index contributed by atoms with van der Waals surface area (Å²) in [5, 5.41) is 11.3. The molecular weight excluding hydrogens is 492 g/mol. The molecule has 9 heteroatoms. The summed E-state index contributed by atoms with van der Waals surface area (Å²) in [4.78, 5) is 18.3. The van der Waals surface area contributed by atoms with Gasteiger partial charge in [-0.1, -0.05) is 17.7 Å². The van der Waals surface area contributed by atoms with Crippen molar-refractivity contribution in [1.29, 1.82) is 0 Å². The first-order valence-corrected chi connectivity index (χ1v) is 13.1. The van der Waals surface area contributed by atoms with Gasteiger partial charge in [-0.3, -0.25) is 4.90 Å². The number of hydrogen-bond donors (Lipinski definition) is 1. The predicted molar refractivity (Wildman–Crippen MR) is 143 cm³/mol. The van der Waals surface area contributed by atoms with Crippen LogP contribution in [-0.4, -0.2) is 36.4 Å². The lowest BCUT2D eigenvalue weighted by molar-refractivity contribution is 0.0584. The fraction of sp³-hybridized carbons (Fsp3) is 0.464. The van der Waals surface area contributed by atoms with Gasteiger partial charge in [0.1, 0.15) is 17.1 Å². The van der Waals surface area contributed by atoms with Crippen molar-refractivity contribution in [2.24, 2.45) is 16.1 Å². The van der Waals surface area contributed by atoms with Crippen molar-refractivity contribution in [3.63, 3.8) is 0 Å². The van der Waals surface area contributed by atoms with E-state index in [0.717, 1.165) is 64.8 Å². The summed E-state index contributed by atoms with van der Waals surface area (Å²) < 4.78 is 17.3. The van der Waals surface area contributed by atoms with Crippen LogP contribution in [0.3, 0.4) is 0 Å². The second-order valence-corrected chi connectivity index (χ2v) is 11.1. The zero-order valence-corrected chi connectivity index (χ0v) is 22.5. The third-order valence-electron chi connectivity index (χ3n) is 6.81. The van der Waals surface area contributed by atoms with Crippen molar-refractivity contribution in [3.8, 4) is 11.5 Å². The zero-order valence-electron chi connectivity index (χ0n) is 21.7. The molecule has 1 aromatic carbocycles. The Hall–Kier alpha value is -3.26. The van der Waals surface area contributed by atoms with Gasteiger partial charge in [0.2, 0.25) is 0 Å². The molecular formula is C28H33ClN4O4. The number of carbonyl (C=O) groups is 1. The van der Waals surface area contributed by atoms with Crippen LogP contribution < -0.4 is 25.1 Å². The van der Waals surface area contributed by atoms with E-state index in [0.29, 0.717) is 18.1 Å². The number of allylic oxidation sites excluding steroid dienone is 1. The largest absolute Gasteiger partial charge is 0.497 e. The predicted octanol–water partition coefficient (Wildman–Crippen LogP) is 5.39. The molecule has 2 aromatic rings. The maximum absolute atomic E-state index is 13.2. The molecule has 0 spiro atoms. The van der Waals surface area contributed by atoms with Gasteiger partial charge in [-0.15, -0.1) is 0 Å². The second kappa shape index (κ2) is 10.2. The number of anilines is 1. The molecule has 0 radical (unpaired) electrons. The number of carbonyl (C=O) groups excluding carboxylic acids is 1. The summed E-state index contributed by atoms with van der Waals surface area (Å²) in [7, 11) is 1.66. The van der Waals surface area contributed by atoms with Gasteiger partial charge in [0, 0.05) is 29.1 Å². The molecule has 8 nitrogen and oxygen atoms in total. The lowest BCUT2D eigenvalue weighted by Gasteiger charge is -2.29. The Kier molecular flexibility index (Phi) is 7.03. The lowest BCUT2D eigenvalue weighted by Crippen LogP contribution is -2.39. The summed E-state index contributed by atoms with van der Waals surface area (Å²) in [5.41, 5.74) is 2.05. The summed E-state index contributed by atoms with van der Waals surface area (Å²) in [6, 6.07) is 7.73. The van der Waals surface area contributed by atoms with Gasteiger partial charge in [-0.2, -0.15) is 10.2 Å². The van der Waals surface area contributed by atoms with Crippen LogP contribution in [0.25, 0.3) is 11.8 Å². The third-order valence-corrected chi connectivity index (χ3v) is 7.07. The molecule has 0 saturated heterocycles. The van der Waals surface area contributed by atoms with E-state index < -0.39 is 11.7 Å². The molecule has 1 N–H and O–H groups in total. The van der Waals surface area contributed by atoms with Crippen LogP contribution in [0.4, 0.5) is 10.5 Å². The molecule has 37 heavy (non-hydrogen) atoms. The van der Waals surface area contributed by atoms with E-state index in [2.05, 4.69) is 15.2 Å². The number of ether oxygens (including phenoxy) is 3. The highest BCUT2D eigenvalue weighted by Crippen LogP contribution is 2.35. The third kappa shape index (κ3) is 5.54. The van der Waals surface area contributed by atoms with Crippen molar-refractivity contribution >= 4 is 35.2 Å². The van der Waals surface area contributed by atoms with Crippen molar-refractivity contribution < 1.29 is 19.0 Å². The topological polar surface area (TPSA) is 88.5 Å². The number of aromatic nitrogens is 1. The van der Waals surface area contributed by atoms with Crippen molar-refractivity contribution in [2.45, 2.75) is 64.7 Å². The smallest absolute Gasteiger partial charge is 0.415 e. The molecule has 1 saturated carbocycles. The summed E-state index contributed by atoms with van der Waals surface area (Å²) in [6.07, 6.45) is 7.11. The van der Waals surface area contributed by atoms with Crippen LogP contribution in [0, 0.1) is 5.92 Å². The van der Waals surface area contributed by atoms with E-state index in [4.69, 9.17) is 25.8 Å². The SMILES string of the molecule is COc1cccc(OC2CCC(C3=c4[nH]c5c(c4CN=N3)N(C(=O)OC(C)(C)C)CC=C(Cl)C=5)CC2)c1. The van der Waals surface area contributed by atoms with Gasteiger partial charge < -0.3 is 19.2 Å². The van der Waals surface area contributed by atoms with Crippen LogP contribution in [0.2, 0.25) is 0 Å². The Bertz CT molecular complexity index is 1360. The van der Waals surface area contributed by atoms with Gasteiger partial charge in [0.15, 0.2) is 0 Å². The number of nitrogens with one attached hydrogen (secondary N) is 1. The highest BCUT2D eigenvalue weighted by atomic mass is 35.5. The minimum Gasteiger partial charge on any atom is -0.497 e.